The second kappa shape index (κ2) is 5.56. The lowest BCUT2D eigenvalue weighted by Crippen LogP contribution is -1.98. The fraction of sp³-hybridized carbons (Fsp3) is 0.0526. The summed E-state index contributed by atoms with van der Waals surface area (Å²) in [6.07, 6.45) is 0.145. The summed E-state index contributed by atoms with van der Waals surface area (Å²) in [4.78, 5) is 0. The molecule has 0 fully saturated rings. The Morgan fingerprint density at radius 3 is 2.29 bits per heavy atom. The van der Waals surface area contributed by atoms with Crippen molar-refractivity contribution in [3.8, 4) is 0 Å². The Labute approximate surface area is 140 Å². The van der Waals surface area contributed by atoms with E-state index in [9.17, 15) is 13.2 Å². The lowest BCUT2D eigenvalue weighted by Gasteiger charge is -2.05. The van der Waals surface area contributed by atoms with Crippen molar-refractivity contribution in [2.24, 2.45) is 0 Å². The monoisotopic (exact) mass is 346 g/mol. The van der Waals surface area contributed by atoms with Gasteiger partial charge in [-0.1, -0.05) is 23.7 Å². The van der Waals surface area contributed by atoms with Crippen molar-refractivity contribution in [1.82, 2.24) is 0 Å². The van der Waals surface area contributed by atoms with E-state index >= 15 is 0 Å². The third-order valence-corrected chi connectivity index (χ3v) is 4.24. The molecule has 1 aromatic heterocycles. The molecule has 0 N–H and O–H groups in total. The van der Waals surface area contributed by atoms with Gasteiger partial charge >= 0.3 is 0 Å². The van der Waals surface area contributed by atoms with Crippen LogP contribution < -0.4 is 0 Å². The fourth-order valence-electron chi connectivity index (χ4n) is 2.83. The van der Waals surface area contributed by atoms with Gasteiger partial charge in [-0.25, -0.2) is 13.2 Å². The summed E-state index contributed by atoms with van der Waals surface area (Å²) in [6, 6.07) is 12.9. The number of hydrogen-bond acceptors (Lipinski definition) is 1. The number of benzene rings is 3. The fourth-order valence-corrected chi connectivity index (χ4v) is 3.00. The zero-order chi connectivity index (χ0) is 16.8. The van der Waals surface area contributed by atoms with Gasteiger partial charge in [0.1, 0.15) is 11.2 Å². The minimum Gasteiger partial charge on any atom is -0.456 e. The lowest BCUT2D eigenvalue weighted by molar-refractivity contribution is 0.442. The molecule has 0 amide bonds. The first-order valence-electron chi connectivity index (χ1n) is 7.26. The highest BCUT2D eigenvalue weighted by Gasteiger charge is 2.14. The van der Waals surface area contributed by atoms with Gasteiger partial charge < -0.3 is 4.42 Å². The van der Waals surface area contributed by atoms with Crippen LogP contribution in [0.4, 0.5) is 13.2 Å². The van der Waals surface area contributed by atoms with Gasteiger partial charge in [0, 0.05) is 22.2 Å². The van der Waals surface area contributed by atoms with Crippen LogP contribution in [-0.2, 0) is 6.42 Å². The highest BCUT2D eigenvalue weighted by atomic mass is 35.5. The van der Waals surface area contributed by atoms with E-state index in [0.717, 1.165) is 22.4 Å². The van der Waals surface area contributed by atoms with Crippen LogP contribution in [0.15, 0.2) is 52.9 Å². The minimum absolute atomic E-state index is 0.0964. The maximum Gasteiger partial charge on any atom is 0.194 e. The lowest BCUT2D eigenvalue weighted by atomic mass is 10.0. The van der Waals surface area contributed by atoms with Crippen molar-refractivity contribution in [1.29, 1.82) is 0 Å². The Morgan fingerprint density at radius 1 is 0.792 bits per heavy atom. The topological polar surface area (TPSA) is 13.1 Å². The summed E-state index contributed by atoms with van der Waals surface area (Å²) in [5.41, 5.74) is 2.24. The molecule has 4 aromatic rings. The third-order valence-electron chi connectivity index (χ3n) is 4.01. The summed E-state index contributed by atoms with van der Waals surface area (Å²) >= 11 is 6.03. The van der Waals surface area contributed by atoms with Gasteiger partial charge in [0.25, 0.3) is 0 Å². The molecule has 0 unspecified atom stereocenters. The standard InChI is InChI=1S/C19H10ClF3O/c20-12-3-6-17-14(9-12)13-8-10(1-5-16(13)24-17)7-11-2-4-15(21)19(23)18(11)22/h1-6,8-9H,7H2. The van der Waals surface area contributed by atoms with Crippen LogP contribution >= 0.6 is 11.6 Å². The van der Waals surface area contributed by atoms with E-state index < -0.39 is 17.5 Å². The maximum atomic E-state index is 13.9. The quantitative estimate of drug-likeness (QED) is 0.391. The Bertz CT molecular complexity index is 1090. The maximum absolute atomic E-state index is 13.9. The van der Waals surface area contributed by atoms with E-state index in [1.54, 1.807) is 30.3 Å². The van der Waals surface area contributed by atoms with Crippen molar-refractivity contribution < 1.29 is 17.6 Å². The summed E-state index contributed by atoms with van der Waals surface area (Å²) in [5.74, 6) is -3.80. The Morgan fingerprint density at radius 2 is 1.50 bits per heavy atom. The smallest absolute Gasteiger partial charge is 0.194 e. The van der Waals surface area contributed by atoms with Gasteiger partial charge in [0.05, 0.1) is 0 Å². The molecular formula is C19H10ClF3O. The highest BCUT2D eigenvalue weighted by molar-refractivity contribution is 6.31. The summed E-state index contributed by atoms with van der Waals surface area (Å²) < 4.78 is 46.0. The zero-order valence-corrected chi connectivity index (χ0v) is 13.0. The average molecular weight is 347 g/mol. The van der Waals surface area contributed by atoms with Crippen LogP contribution in [0.5, 0.6) is 0 Å². The van der Waals surface area contributed by atoms with Gasteiger partial charge in [0.15, 0.2) is 17.5 Å². The predicted octanol–water partition coefficient (Wildman–Crippen LogP) is 6.25. The molecule has 1 heterocycles. The molecule has 0 spiro atoms. The molecule has 4 rings (SSSR count). The van der Waals surface area contributed by atoms with Crippen LogP contribution in [0.2, 0.25) is 5.02 Å². The minimum atomic E-state index is -1.45. The number of fused-ring (bicyclic) bond motifs is 3. The van der Waals surface area contributed by atoms with Crippen molar-refractivity contribution in [2.75, 3.05) is 0 Å². The molecule has 1 nitrogen and oxygen atoms in total. The highest BCUT2D eigenvalue weighted by Crippen LogP contribution is 2.32. The molecule has 0 aliphatic carbocycles. The Kier molecular flexibility index (Phi) is 3.50. The zero-order valence-electron chi connectivity index (χ0n) is 12.2. The van der Waals surface area contributed by atoms with Crippen LogP contribution in [0.1, 0.15) is 11.1 Å². The van der Waals surface area contributed by atoms with Crippen LogP contribution in [-0.4, -0.2) is 0 Å². The summed E-state index contributed by atoms with van der Waals surface area (Å²) in [5, 5.41) is 2.28. The van der Waals surface area contributed by atoms with E-state index in [1.807, 2.05) is 6.07 Å². The molecule has 0 aliphatic heterocycles. The normalized spacial score (nSPS) is 11.5. The Balaban J connectivity index is 1.82. The van der Waals surface area contributed by atoms with Crippen molar-refractivity contribution in [3.63, 3.8) is 0 Å². The molecule has 24 heavy (non-hydrogen) atoms. The number of halogens is 4. The summed E-state index contributed by atoms with van der Waals surface area (Å²) in [7, 11) is 0. The van der Waals surface area contributed by atoms with E-state index in [0.29, 0.717) is 16.2 Å². The molecule has 0 saturated heterocycles. The van der Waals surface area contributed by atoms with Crippen molar-refractivity contribution in [2.45, 2.75) is 6.42 Å². The molecule has 120 valence electrons. The van der Waals surface area contributed by atoms with E-state index in [-0.39, 0.29) is 12.0 Å². The second-order valence-corrected chi connectivity index (χ2v) is 6.02. The van der Waals surface area contributed by atoms with Gasteiger partial charge in [-0.3, -0.25) is 0 Å². The van der Waals surface area contributed by atoms with Crippen molar-refractivity contribution >= 4 is 33.5 Å². The van der Waals surface area contributed by atoms with Gasteiger partial charge in [-0.2, -0.15) is 0 Å². The number of rotatable bonds is 2. The SMILES string of the molecule is Fc1ccc(Cc2ccc3oc4ccc(Cl)cc4c3c2)c(F)c1F. The number of furan rings is 1. The van der Waals surface area contributed by atoms with Crippen LogP contribution in [0, 0.1) is 17.5 Å². The first-order chi connectivity index (χ1) is 11.5. The molecular weight excluding hydrogens is 337 g/mol. The molecule has 0 radical (unpaired) electrons. The largest absolute Gasteiger partial charge is 0.456 e. The molecule has 5 heteroatoms. The van der Waals surface area contributed by atoms with Crippen LogP contribution in [0.3, 0.4) is 0 Å². The molecule has 0 atom stereocenters. The second-order valence-electron chi connectivity index (χ2n) is 5.58. The van der Waals surface area contributed by atoms with Crippen LogP contribution in [0.25, 0.3) is 21.9 Å². The first kappa shape index (κ1) is 15.1. The molecule has 0 saturated carbocycles. The summed E-state index contributed by atoms with van der Waals surface area (Å²) in [6.45, 7) is 0. The van der Waals surface area contributed by atoms with E-state index in [1.165, 1.54) is 6.07 Å². The number of hydrogen-bond donors (Lipinski definition) is 0. The van der Waals surface area contributed by atoms with Gasteiger partial charge in [-0.05, 0) is 47.5 Å². The van der Waals surface area contributed by atoms with E-state index in [2.05, 4.69) is 0 Å². The molecule has 3 aromatic carbocycles. The third kappa shape index (κ3) is 2.43. The van der Waals surface area contributed by atoms with Gasteiger partial charge in [-0.15, -0.1) is 0 Å². The predicted molar refractivity (Wildman–Crippen MR) is 87.9 cm³/mol. The average Bonchev–Trinajstić information content (AvgIpc) is 2.93. The van der Waals surface area contributed by atoms with E-state index in [4.69, 9.17) is 16.0 Å². The van der Waals surface area contributed by atoms with Crippen molar-refractivity contribution in [3.05, 3.63) is 82.1 Å². The molecule has 0 aliphatic rings. The Hall–Kier alpha value is -2.46. The molecule has 0 bridgehead atoms. The first-order valence-corrected chi connectivity index (χ1v) is 7.64. The van der Waals surface area contributed by atoms with Gasteiger partial charge in [0.2, 0.25) is 0 Å².